The lowest BCUT2D eigenvalue weighted by atomic mass is 10.0. The summed E-state index contributed by atoms with van der Waals surface area (Å²) < 4.78 is 23.7. The van der Waals surface area contributed by atoms with Gasteiger partial charge in [-0.1, -0.05) is 12.1 Å². The molecular weight excluding hydrogens is 539 g/mol. The molecule has 41 heavy (non-hydrogen) atoms. The Morgan fingerprint density at radius 3 is 2.41 bits per heavy atom. The van der Waals surface area contributed by atoms with Crippen molar-refractivity contribution in [1.82, 2.24) is 15.3 Å². The summed E-state index contributed by atoms with van der Waals surface area (Å²) in [5, 5.41) is 10.3. The first kappa shape index (κ1) is 30.2. The fraction of sp³-hybridized carbons (Fsp3) is 0.433. The molecule has 3 aromatic rings. The van der Waals surface area contributed by atoms with Gasteiger partial charge in [0.15, 0.2) is 11.6 Å². The van der Waals surface area contributed by atoms with Gasteiger partial charge in [-0.3, -0.25) is 0 Å². The minimum atomic E-state index is -2.51. The molecule has 1 amide bonds. The van der Waals surface area contributed by atoms with E-state index in [1.54, 1.807) is 26.6 Å². The third-order valence-corrected chi connectivity index (χ3v) is 8.27. The number of piperidine rings is 1. The highest BCUT2D eigenvalue weighted by molar-refractivity contribution is 7.70. The van der Waals surface area contributed by atoms with Gasteiger partial charge in [-0.2, -0.15) is 4.98 Å². The fourth-order valence-electron chi connectivity index (χ4n) is 4.80. The van der Waals surface area contributed by atoms with E-state index in [0.717, 1.165) is 48.2 Å². The van der Waals surface area contributed by atoms with E-state index in [1.165, 1.54) is 0 Å². The molecule has 0 bridgehead atoms. The van der Waals surface area contributed by atoms with Gasteiger partial charge >= 0.3 is 6.09 Å². The fourth-order valence-corrected chi connectivity index (χ4v) is 5.96. The van der Waals surface area contributed by atoms with Crippen LogP contribution in [-0.2, 0) is 9.30 Å². The van der Waals surface area contributed by atoms with Crippen LogP contribution in [0.3, 0.4) is 0 Å². The summed E-state index contributed by atoms with van der Waals surface area (Å²) in [5.41, 5.74) is 3.35. The number of para-hydroxylation sites is 1. The first-order valence-electron chi connectivity index (χ1n) is 13.8. The summed E-state index contributed by atoms with van der Waals surface area (Å²) in [6, 6.07) is 13.8. The number of hydrogen-bond donors (Lipinski definition) is 3. The van der Waals surface area contributed by atoms with Crippen LogP contribution in [0.2, 0.25) is 0 Å². The normalized spacial score (nSPS) is 14.4. The van der Waals surface area contributed by atoms with E-state index in [1.807, 2.05) is 51.1 Å². The number of nitrogens with one attached hydrogen (secondary N) is 3. The molecule has 0 aliphatic carbocycles. The van der Waals surface area contributed by atoms with Crippen LogP contribution in [0.4, 0.5) is 33.6 Å². The third kappa shape index (κ3) is 8.13. The molecule has 2 aromatic carbocycles. The zero-order valence-electron chi connectivity index (χ0n) is 24.9. The molecule has 220 valence electrons. The van der Waals surface area contributed by atoms with Gasteiger partial charge in [0.05, 0.1) is 19.0 Å². The molecule has 0 unspecified atom stereocenters. The molecule has 1 saturated heterocycles. The number of rotatable bonds is 8. The van der Waals surface area contributed by atoms with Crippen LogP contribution in [0, 0.1) is 6.92 Å². The number of aryl methyl sites for hydroxylation is 1. The van der Waals surface area contributed by atoms with Crippen molar-refractivity contribution < 1.29 is 18.8 Å². The van der Waals surface area contributed by atoms with Gasteiger partial charge in [0.2, 0.25) is 5.95 Å². The second kappa shape index (κ2) is 12.4. The molecule has 0 atom stereocenters. The smallest absolute Gasteiger partial charge is 0.407 e. The topological polar surface area (TPSA) is 118 Å². The predicted octanol–water partition coefficient (Wildman–Crippen LogP) is 6.02. The van der Waals surface area contributed by atoms with Crippen molar-refractivity contribution in [2.45, 2.75) is 52.2 Å². The molecule has 1 aromatic heterocycles. The van der Waals surface area contributed by atoms with E-state index < -0.39 is 12.7 Å². The van der Waals surface area contributed by atoms with E-state index >= 15 is 0 Å². The molecule has 1 aliphatic heterocycles. The van der Waals surface area contributed by atoms with Gasteiger partial charge in [0, 0.05) is 35.8 Å². The highest BCUT2D eigenvalue weighted by Gasteiger charge is 2.24. The van der Waals surface area contributed by atoms with Crippen molar-refractivity contribution in [1.29, 1.82) is 0 Å². The highest BCUT2D eigenvalue weighted by atomic mass is 31.2. The van der Waals surface area contributed by atoms with Crippen LogP contribution in [-0.4, -0.2) is 61.2 Å². The second-order valence-corrected chi connectivity index (χ2v) is 14.8. The number of hydrogen-bond acceptors (Lipinski definition) is 9. The second-order valence-electron chi connectivity index (χ2n) is 11.6. The maximum absolute atomic E-state index is 12.8. The van der Waals surface area contributed by atoms with Crippen molar-refractivity contribution in [3.8, 4) is 5.75 Å². The minimum Gasteiger partial charge on any atom is -0.491 e. The largest absolute Gasteiger partial charge is 0.491 e. The van der Waals surface area contributed by atoms with Crippen molar-refractivity contribution in [3.63, 3.8) is 0 Å². The van der Waals surface area contributed by atoms with E-state index in [-0.39, 0.29) is 12.1 Å². The van der Waals surface area contributed by atoms with Crippen LogP contribution in [0.5, 0.6) is 5.75 Å². The van der Waals surface area contributed by atoms with E-state index in [0.29, 0.717) is 23.2 Å². The molecule has 0 saturated carbocycles. The molecule has 0 spiro atoms. The summed E-state index contributed by atoms with van der Waals surface area (Å²) in [5.74, 6) is 1.36. The summed E-state index contributed by atoms with van der Waals surface area (Å²) in [6.45, 7) is 12.8. The Morgan fingerprint density at radius 2 is 1.78 bits per heavy atom. The Kier molecular flexibility index (Phi) is 9.12. The minimum absolute atomic E-state index is 0.103. The lowest BCUT2D eigenvalue weighted by molar-refractivity contribution is 0.0497. The summed E-state index contributed by atoms with van der Waals surface area (Å²) in [7, 11) is -0.952. The molecule has 0 radical (unpaired) electrons. The van der Waals surface area contributed by atoms with Crippen LogP contribution in [0.1, 0.15) is 39.2 Å². The van der Waals surface area contributed by atoms with Gasteiger partial charge in [-0.15, -0.1) is 0 Å². The van der Waals surface area contributed by atoms with Gasteiger partial charge in [0.25, 0.3) is 0 Å². The van der Waals surface area contributed by atoms with E-state index in [4.69, 9.17) is 9.47 Å². The standard InChI is InChI=1S/C30H41N6O4P/c1-20-18-22(12-13-24(20)36-16-14-21(15-17-36)33-29(37)40-30(2,3)4)32-28-31-19-25(39-5)27(35-28)34-23-10-8-9-11-26(23)41(6,7)38/h8-13,18-19,21H,14-17H2,1-7H3,(H,33,37)(H2,31,32,34,35). The van der Waals surface area contributed by atoms with Crippen LogP contribution < -0.4 is 30.9 Å². The number of methoxy groups -OCH3 is 1. The van der Waals surface area contributed by atoms with Crippen molar-refractivity contribution in [2.24, 2.45) is 0 Å². The maximum Gasteiger partial charge on any atom is 0.407 e. The Bertz CT molecular complexity index is 1430. The monoisotopic (exact) mass is 580 g/mol. The highest BCUT2D eigenvalue weighted by Crippen LogP contribution is 2.39. The van der Waals surface area contributed by atoms with Gasteiger partial charge in [-0.25, -0.2) is 9.78 Å². The summed E-state index contributed by atoms with van der Waals surface area (Å²) >= 11 is 0. The molecule has 1 fully saturated rings. The first-order chi connectivity index (χ1) is 19.3. The molecule has 3 N–H and O–H groups in total. The lowest BCUT2D eigenvalue weighted by Crippen LogP contribution is -2.46. The SMILES string of the molecule is COc1cnc(Nc2ccc(N3CCC(NC(=O)OC(C)(C)C)CC3)c(C)c2)nc1Nc1ccccc1P(C)(C)=O. The molecule has 1 aliphatic rings. The molecular formula is C30H41N6O4P. The zero-order valence-corrected chi connectivity index (χ0v) is 25.8. The Hall–Kier alpha value is -3.78. The Morgan fingerprint density at radius 1 is 1.07 bits per heavy atom. The third-order valence-electron chi connectivity index (χ3n) is 6.72. The molecule has 4 rings (SSSR count). The average Bonchev–Trinajstić information content (AvgIpc) is 2.88. The number of benzene rings is 2. The van der Waals surface area contributed by atoms with Gasteiger partial charge in [-0.05, 0) is 89.8 Å². The molecule has 2 heterocycles. The number of nitrogens with zero attached hydrogens (tertiary/aromatic N) is 3. The zero-order chi connectivity index (χ0) is 29.8. The number of ether oxygens (including phenoxy) is 2. The quantitative estimate of drug-likeness (QED) is 0.275. The Balaban J connectivity index is 1.43. The lowest BCUT2D eigenvalue weighted by Gasteiger charge is -2.35. The number of anilines is 5. The summed E-state index contributed by atoms with van der Waals surface area (Å²) in [6.07, 6.45) is 2.95. The predicted molar refractivity (Wildman–Crippen MR) is 166 cm³/mol. The van der Waals surface area contributed by atoms with E-state index in [9.17, 15) is 9.36 Å². The number of aromatic nitrogens is 2. The number of carbonyl (C=O) groups is 1. The molecule has 11 heteroatoms. The van der Waals surface area contributed by atoms with Crippen molar-refractivity contribution in [2.75, 3.05) is 49.1 Å². The number of carbonyl (C=O) groups excluding carboxylic acids is 1. The van der Waals surface area contributed by atoms with Crippen molar-refractivity contribution in [3.05, 3.63) is 54.2 Å². The number of amides is 1. The van der Waals surface area contributed by atoms with Crippen LogP contribution in [0.25, 0.3) is 0 Å². The van der Waals surface area contributed by atoms with E-state index in [2.05, 4.69) is 49.9 Å². The van der Waals surface area contributed by atoms with Crippen molar-refractivity contribution >= 4 is 47.4 Å². The Labute approximate surface area is 242 Å². The maximum atomic E-state index is 12.8. The van der Waals surface area contributed by atoms with Gasteiger partial charge in [0.1, 0.15) is 12.7 Å². The van der Waals surface area contributed by atoms with Crippen LogP contribution >= 0.6 is 7.14 Å². The first-order valence-corrected chi connectivity index (χ1v) is 16.4. The molecule has 10 nitrogen and oxygen atoms in total. The van der Waals surface area contributed by atoms with Crippen LogP contribution in [0.15, 0.2) is 48.7 Å². The average molecular weight is 581 g/mol. The van der Waals surface area contributed by atoms with Gasteiger partial charge < -0.3 is 34.9 Å². The summed E-state index contributed by atoms with van der Waals surface area (Å²) in [4.78, 5) is 23.5. The number of alkyl carbamates (subject to hydrolysis) is 1.